The molecular weight excluding hydrogens is 503 g/mol. The average Bonchev–Trinajstić information content (AvgIpc) is 3.57. The maximum atomic E-state index is 14.3. The van der Waals surface area contributed by atoms with Gasteiger partial charge in [0.05, 0.1) is 16.4 Å². The van der Waals surface area contributed by atoms with Crippen LogP contribution < -0.4 is 0 Å². The summed E-state index contributed by atoms with van der Waals surface area (Å²) in [5.74, 6) is 0.644. The van der Waals surface area contributed by atoms with Crippen molar-refractivity contribution in [3.05, 3.63) is 180 Å². The maximum Gasteiger partial charge on any atom is 0.145 e. The van der Waals surface area contributed by atoms with Gasteiger partial charge < -0.3 is 0 Å². The highest BCUT2D eigenvalue weighted by atomic mass is 19.1. The fourth-order valence-corrected chi connectivity index (χ4v) is 6.65. The van der Waals surface area contributed by atoms with E-state index in [1.165, 1.54) is 22.3 Å². The van der Waals surface area contributed by atoms with Gasteiger partial charge in [0.1, 0.15) is 11.6 Å². The van der Waals surface area contributed by atoms with Crippen molar-refractivity contribution in [1.29, 1.82) is 0 Å². The van der Waals surface area contributed by atoms with Crippen LogP contribution in [0.4, 0.5) is 4.39 Å². The van der Waals surface area contributed by atoms with Crippen molar-refractivity contribution < 1.29 is 4.39 Å². The quantitative estimate of drug-likeness (QED) is 0.223. The zero-order valence-electron chi connectivity index (χ0n) is 22.2. The Labute approximate surface area is 238 Å². The first kappa shape index (κ1) is 23.6. The summed E-state index contributed by atoms with van der Waals surface area (Å²) in [5.41, 5.74) is 10.4. The Bertz CT molecular complexity index is 2040. The van der Waals surface area contributed by atoms with E-state index in [1.54, 1.807) is 12.1 Å². The van der Waals surface area contributed by atoms with Gasteiger partial charge in [0.15, 0.2) is 0 Å². The standard InChI is InChI=1S/C38H25FN2/c39-29-22-20-28(21-23-29)38(27-11-3-1-4-12-27)33-16-8-7-15-31(33)32-24-19-26(25-34(32)38)37-40-35-17-9-10-18-36(35)41(37)30-13-5-2-6-14-30/h1-25H. The molecule has 1 atom stereocenters. The Morgan fingerprint density at radius 2 is 1.17 bits per heavy atom. The topological polar surface area (TPSA) is 17.8 Å². The molecule has 1 aromatic heterocycles. The molecule has 0 amide bonds. The molecular formula is C38H25FN2. The first-order valence-corrected chi connectivity index (χ1v) is 13.8. The van der Waals surface area contributed by atoms with Gasteiger partial charge in [-0.3, -0.25) is 4.57 Å². The third kappa shape index (κ3) is 3.46. The van der Waals surface area contributed by atoms with Gasteiger partial charge >= 0.3 is 0 Å². The lowest BCUT2D eigenvalue weighted by atomic mass is 9.67. The lowest BCUT2D eigenvalue weighted by Crippen LogP contribution is -2.28. The van der Waals surface area contributed by atoms with Crippen LogP contribution in [0.25, 0.3) is 39.2 Å². The van der Waals surface area contributed by atoms with Crippen LogP contribution >= 0.6 is 0 Å². The van der Waals surface area contributed by atoms with Crippen molar-refractivity contribution in [1.82, 2.24) is 9.55 Å². The minimum atomic E-state index is -0.611. The first-order valence-electron chi connectivity index (χ1n) is 13.8. The van der Waals surface area contributed by atoms with E-state index in [1.807, 2.05) is 30.3 Å². The predicted octanol–water partition coefficient (Wildman–Crippen LogP) is 9.19. The second-order valence-corrected chi connectivity index (χ2v) is 10.5. The van der Waals surface area contributed by atoms with E-state index >= 15 is 0 Å². The fourth-order valence-electron chi connectivity index (χ4n) is 6.65. The highest BCUT2D eigenvalue weighted by Gasteiger charge is 2.46. The number of imidazole rings is 1. The molecule has 3 heteroatoms. The Morgan fingerprint density at radius 3 is 1.98 bits per heavy atom. The van der Waals surface area contributed by atoms with Crippen LogP contribution in [0.2, 0.25) is 0 Å². The zero-order valence-corrected chi connectivity index (χ0v) is 22.2. The summed E-state index contributed by atoms with van der Waals surface area (Å²) < 4.78 is 16.5. The molecule has 8 rings (SSSR count). The van der Waals surface area contributed by atoms with Crippen LogP contribution in [0.15, 0.2) is 152 Å². The van der Waals surface area contributed by atoms with Crippen LogP contribution in [0.3, 0.4) is 0 Å². The van der Waals surface area contributed by atoms with Crippen LogP contribution in [-0.4, -0.2) is 9.55 Å². The van der Waals surface area contributed by atoms with Crippen molar-refractivity contribution in [3.8, 4) is 28.2 Å². The van der Waals surface area contributed by atoms with E-state index in [-0.39, 0.29) is 5.82 Å². The van der Waals surface area contributed by atoms with E-state index in [0.29, 0.717) is 0 Å². The lowest BCUT2D eigenvalue weighted by molar-refractivity contribution is 0.625. The molecule has 0 radical (unpaired) electrons. The normalized spacial score (nSPS) is 15.5. The van der Waals surface area contributed by atoms with E-state index in [0.717, 1.165) is 39.2 Å². The number of aromatic nitrogens is 2. The van der Waals surface area contributed by atoms with Crippen molar-refractivity contribution in [2.75, 3.05) is 0 Å². The van der Waals surface area contributed by atoms with Gasteiger partial charge in [-0.25, -0.2) is 9.37 Å². The largest absolute Gasteiger partial charge is 0.292 e. The monoisotopic (exact) mass is 528 g/mol. The summed E-state index contributed by atoms with van der Waals surface area (Å²) in [5, 5.41) is 0. The van der Waals surface area contributed by atoms with E-state index in [2.05, 4.69) is 114 Å². The van der Waals surface area contributed by atoms with Gasteiger partial charge in [-0.1, -0.05) is 109 Å². The maximum absolute atomic E-state index is 14.3. The molecule has 0 aliphatic heterocycles. The van der Waals surface area contributed by atoms with E-state index < -0.39 is 5.41 Å². The zero-order chi connectivity index (χ0) is 27.4. The molecule has 1 aliphatic rings. The molecule has 0 saturated heterocycles. The number of benzene rings is 6. The molecule has 2 nitrogen and oxygen atoms in total. The van der Waals surface area contributed by atoms with Crippen molar-refractivity contribution in [3.63, 3.8) is 0 Å². The minimum absolute atomic E-state index is 0.242. The van der Waals surface area contributed by atoms with Gasteiger partial charge in [0.2, 0.25) is 0 Å². The van der Waals surface area contributed by atoms with Crippen molar-refractivity contribution in [2.45, 2.75) is 5.41 Å². The summed E-state index contributed by atoms with van der Waals surface area (Å²) in [6.07, 6.45) is 0. The number of hydrogen-bond donors (Lipinski definition) is 0. The van der Waals surface area contributed by atoms with E-state index in [4.69, 9.17) is 4.98 Å². The van der Waals surface area contributed by atoms with Gasteiger partial charge in [0.25, 0.3) is 0 Å². The minimum Gasteiger partial charge on any atom is -0.292 e. The summed E-state index contributed by atoms with van der Waals surface area (Å²) in [6, 6.07) is 51.5. The smallest absolute Gasteiger partial charge is 0.145 e. The molecule has 0 saturated carbocycles. The molecule has 1 heterocycles. The number of para-hydroxylation sites is 3. The molecule has 0 fully saturated rings. The molecule has 7 aromatic rings. The highest BCUT2D eigenvalue weighted by Crippen LogP contribution is 2.56. The summed E-state index contributed by atoms with van der Waals surface area (Å²) in [7, 11) is 0. The molecule has 41 heavy (non-hydrogen) atoms. The Morgan fingerprint density at radius 1 is 0.537 bits per heavy atom. The fraction of sp³-hybridized carbons (Fsp3) is 0.0263. The highest BCUT2D eigenvalue weighted by molar-refractivity contribution is 5.89. The second kappa shape index (κ2) is 9.14. The van der Waals surface area contributed by atoms with Crippen LogP contribution in [0.1, 0.15) is 22.3 Å². The molecule has 0 spiro atoms. The van der Waals surface area contributed by atoms with Gasteiger partial charge in [-0.2, -0.15) is 0 Å². The third-order valence-corrected chi connectivity index (χ3v) is 8.36. The summed E-state index contributed by atoms with van der Waals surface area (Å²) >= 11 is 0. The van der Waals surface area contributed by atoms with Gasteiger partial charge in [-0.05, 0) is 75.8 Å². The molecule has 1 aliphatic carbocycles. The van der Waals surface area contributed by atoms with Crippen LogP contribution in [0, 0.1) is 5.82 Å². The summed E-state index contributed by atoms with van der Waals surface area (Å²) in [6.45, 7) is 0. The van der Waals surface area contributed by atoms with Gasteiger partial charge in [-0.15, -0.1) is 0 Å². The molecule has 194 valence electrons. The molecule has 0 bridgehead atoms. The number of fused-ring (bicyclic) bond motifs is 4. The van der Waals surface area contributed by atoms with Crippen molar-refractivity contribution in [2.24, 2.45) is 0 Å². The van der Waals surface area contributed by atoms with E-state index in [9.17, 15) is 4.39 Å². The second-order valence-electron chi connectivity index (χ2n) is 10.5. The number of nitrogens with zero attached hydrogens (tertiary/aromatic N) is 2. The Kier molecular flexibility index (Phi) is 5.26. The molecule has 6 aromatic carbocycles. The third-order valence-electron chi connectivity index (χ3n) is 8.36. The first-order chi connectivity index (χ1) is 20.2. The number of rotatable bonds is 4. The van der Waals surface area contributed by atoms with Crippen molar-refractivity contribution >= 4 is 11.0 Å². The lowest BCUT2D eigenvalue weighted by Gasteiger charge is -2.34. The molecule has 0 N–H and O–H groups in total. The van der Waals surface area contributed by atoms with Crippen LogP contribution in [0.5, 0.6) is 0 Å². The van der Waals surface area contributed by atoms with Crippen LogP contribution in [-0.2, 0) is 5.41 Å². The summed E-state index contributed by atoms with van der Waals surface area (Å²) in [4.78, 5) is 5.15. The molecule has 1 unspecified atom stereocenters. The average molecular weight is 529 g/mol. The number of hydrogen-bond acceptors (Lipinski definition) is 1. The Hall–Kier alpha value is -5.28. The predicted molar refractivity (Wildman–Crippen MR) is 164 cm³/mol. The number of halogens is 1. The Balaban J connectivity index is 1.46. The SMILES string of the molecule is Fc1ccc(C2(c3ccccc3)c3ccccc3-c3ccc(-c4nc5ccccc5n4-c4ccccc4)cc32)cc1. The van der Waals surface area contributed by atoms with Gasteiger partial charge in [0, 0.05) is 11.3 Å².